The highest BCUT2D eigenvalue weighted by atomic mass is 35.6. The highest BCUT2D eigenvalue weighted by Gasteiger charge is 2.32. The molecule has 4 nitrogen and oxygen atoms in total. The van der Waals surface area contributed by atoms with Crippen LogP contribution in [0.15, 0.2) is 0 Å². The molecule has 0 heterocycles. The summed E-state index contributed by atoms with van der Waals surface area (Å²) in [4.78, 5) is 11.2. The second-order valence-electron chi connectivity index (χ2n) is 3.31. The molecule has 0 aliphatic rings. The zero-order valence-electron chi connectivity index (χ0n) is 8.14. The van der Waals surface area contributed by atoms with E-state index in [0.29, 0.717) is 0 Å². The molecule has 3 N–H and O–H groups in total. The lowest BCUT2D eigenvalue weighted by Gasteiger charge is -2.24. The van der Waals surface area contributed by atoms with E-state index in [0.717, 1.165) is 0 Å². The first kappa shape index (κ1) is 14.7. The molecule has 0 rings (SSSR count). The maximum atomic E-state index is 11.2. The number of urea groups is 1. The first-order valence-corrected chi connectivity index (χ1v) is 5.03. The molecule has 0 saturated heterocycles. The SMILES string of the molecule is C#CC(C)(C)NC(=O)NC(O)C(Cl)(Cl)Cl. The normalized spacial score (nSPS) is 13.9. The van der Waals surface area contributed by atoms with E-state index in [9.17, 15) is 9.90 Å². The van der Waals surface area contributed by atoms with Crippen molar-refractivity contribution in [2.75, 3.05) is 0 Å². The molecule has 2 amide bonds. The molecule has 0 saturated carbocycles. The van der Waals surface area contributed by atoms with Gasteiger partial charge in [-0.1, -0.05) is 40.7 Å². The van der Waals surface area contributed by atoms with E-state index in [-0.39, 0.29) is 0 Å². The second-order valence-corrected chi connectivity index (χ2v) is 5.68. The van der Waals surface area contributed by atoms with E-state index >= 15 is 0 Å². The van der Waals surface area contributed by atoms with Crippen LogP contribution in [0.5, 0.6) is 0 Å². The fraction of sp³-hybridized carbons (Fsp3) is 0.625. The van der Waals surface area contributed by atoms with E-state index < -0.39 is 21.6 Å². The smallest absolute Gasteiger partial charge is 0.318 e. The Bertz CT molecular complexity index is 281. The molecule has 1 unspecified atom stereocenters. The van der Waals surface area contributed by atoms with Gasteiger partial charge in [-0.25, -0.2) is 4.79 Å². The number of halogens is 3. The largest absolute Gasteiger partial charge is 0.369 e. The molecule has 0 aliphatic heterocycles. The predicted molar refractivity (Wildman–Crippen MR) is 60.9 cm³/mol. The zero-order valence-corrected chi connectivity index (χ0v) is 10.4. The van der Waals surface area contributed by atoms with Crippen molar-refractivity contribution in [1.29, 1.82) is 0 Å². The van der Waals surface area contributed by atoms with Gasteiger partial charge < -0.3 is 15.7 Å². The van der Waals surface area contributed by atoms with Gasteiger partial charge in [-0.05, 0) is 13.8 Å². The van der Waals surface area contributed by atoms with E-state index in [1.165, 1.54) is 0 Å². The monoisotopic (exact) mass is 272 g/mol. The van der Waals surface area contributed by atoms with Crippen LogP contribution < -0.4 is 10.6 Å². The van der Waals surface area contributed by atoms with E-state index in [1.54, 1.807) is 13.8 Å². The molecular formula is C8H11Cl3N2O2. The molecule has 7 heteroatoms. The lowest BCUT2D eigenvalue weighted by Crippen LogP contribution is -2.53. The van der Waals surface area contributed by atoms with Crippen LogP contribution in [0.3, 0.4) is 0 Å². The Hall–Kier alpha value is -0.340. The van der Waals surface area contributed by atoms with Crippen LogP contribution in [0.25, 0.3) is 0 Å². The third-order valence-corrected chi connectivity index (χ3v) is 1.98. The molecule has 1 atom stereocenters. The Morgan fingerprint density at radius 1 is 1.47 bits per heavy atom. The summed E-state index contributed by atoms with van der Waals surface area (Å²) >= 11 is 16.0. The van der Waals surface area contributed by atoms with E-state index in [1.807, 2.05) is 5.32 Å². The van der Waals surface area contributed by atoms with Gasteiger partial charge in [-0.2, -0.15) is 0 Å². The van der Waals surface area contributed by atoms with Crippen molar-refractivity contribution < 1.29 is 9.90 Å². The minimum atomic E-state index is -1.99. The number of aliphatic hydroxyl groups is 1. The number of nitrogens with one attached hydrogen (secondary N) is 2. The average molecular weight is 274 g/mol. The molecule has 0 aromatic heterocycles. The number of carbonyl (C=O) groups is 1. The number of amides is 2. The maximum absolute atomic E-state index is 11.2. The van der Waals surface area contributed by atoms with Crippen LogP contribution in [-0.4, -0.2) is 26.7 Å². The number of terminal acetylenes is 1. The van der Waals surface area contributed by atoms with Crippen molar-refractivity contribution in [2.45, 2.75) is 29.4 Å². The summed E-state index contributed by atoms with van der Waals surface area (Å²) in [7, 11) is 0. The van der Waals surface area contributed by atoms with Crippen molar-refractivity contribution in [2.24, 2.45) is 0 Å². The minimum absolute atomic E-state index is 0.725. The average Bonchev–Trinajstić information content (AvgIpc) is 2.01. The van der Waals surface area contributed by atoms with Gasteiger partial charge in [0.15, 0.2) is 6.23 Å². The van der Waals surface area contributed by atoms with Crippen LogP contribution in [0.1, 0.15) is 13.8 Å². The Kier molecular flexibility index (Phi) is 5.01. The predicted octanol–water partition coefficient (Wildman–Crippen LogP) is 1.39. The molecule has 0 spiro atoms. The highest BCUT2D eigenvalue weighted by Crippen LogP contribution is 2.28. The topological polar surface area (TPSA) is 61.4 Å². The Balaban J connectivity index is 4.24. The Labute approximate surface area is 103 Å². The van der Waals surface area contributed by atoms with Crippen molar-refractivity contribution in [1.82, 2.24) is 10.6 Å². The third-order valence-electron chi connectivity index (χ3n) is 1.36. The molecule has 0 radical (unpaired) electrons. The summed E-state index contributed by atoms with van der Waals surface area (Å²) < 4.78 is -1.99. The summed E-state index contributed by atoms with van der Waals surface area (Å²) in [6.07, 6.45) is 3.52. The van der Waals surface area contributed by atoms with E-state index in [2.05, 4.69) is 11.2 Å². The van der Waals surface area contributed by atoms with Gasteiger partial charge >= 0.3 is 6.03 Å². The quantitative estimate of drug-likeness (QED) is 0.404. The van der Waals surface area contributed by atoms with Gasteiger partial charge in [-0.15, -0.1) is 6.42 Å². The van der Waals surface area contributed by atoms with Crippen molar-refractivity contribution in [3.63, 3.8) is 0 Å². The van der Waals surface area contributed by atoms with Crippen LogP contribution >= 0.6 is 34.8 Å². The van der Waals surface area contributed by atoms with Gasteiger partial charge in [0.1, 0.15) is 0 Å². The highest BCUT2D eigenvalue weighted by molar-refractivity contribution is 6.68. The molecule has 0 aliphatic carbocycles. The van der Waals surface area contributed by atoms with Gasteiger partial charge in [0.25, 0.3) is 0 Å². The first-order chi connectivity index (χ1) is 6.58. The lowest BCUT2D eigenvalue weighted by atomic mass is 10.1. The first-order valence-electron chi connectivity index (χ1n) is 3.90. The van der Waals surface area contributed by atoms with E-state index in [4.69, 9.17) is 41.2 Å². The standard InChI is InChI=1S/C8H11Cl3N2O2/c1-4-7(2,3)13-6(15)12-5(14)8(9,10)11/h1,5,14H,2-3H3,(H2,12,13,15). The summed E-state index contributed by atoms with van der Waals surface area (Å²) in [5.74, 6) is 2.33. The number of hydrogen-bond donors (Lipinski definition) is 3. The molecule has 0 bridgehead atoms. The number of alkyl halides is 3. The van der Waals surface area contributed by atoms with Crippen molar-refractivity contribution in [3.05, 3.63) is 0 Å². The summed E-state index contributed by atoms with van der Waals surface area (Å²) in [6, 6.07) is -0.725. The number of carbonyl (C=O) groups excluding carboxylic acids is 1. The Morgan fingerprint density at radius 2 is 1.93 bits per heavy atom. The second kappa shape index (κ2) is 5.13. The van der Waals surface area contributed by atoms with Gasteiger partial charge in [-0.3, -0.25) is 0 Å². The third kappa shape index (κ3) is 5.95. The number of aliphatic hydroxyl groups excluding tert-OH is 1. The summed E-state index contributed by atoms with van der Waals surface area (Å²) in [5.41, 5.74) is -0.850. The number of rotatable bonds is 2. The molecule has 0 aromatic carbocycles. The minimum Gasteiger partial charge on any atom is -0.369 e. The molecular weight excluding hydrogens is 262 g/mol. The summed E-state index contributed by atoms with van der Waals surface area (Å²) in [5, 5.41) is 13.6. The zero-order chi connectivity index (χ0) is 12.3. The fourth-order valence-corrected chi connectivity index (χ4v) is 0.726. The molecule has 0 aromatic rings. The number of hydrogen-bond acceptors (Lipinski definition) is 2. The van der Waals surface area contributed by atoms with Crippen LogP contribution in [-0.2, 0) is 0 Å². The molecule has 15 heavy (non-hydrogen) atoms. The molecule has 0 fully saturated rings. The molecule has 86 valence electrons. The van der Waals surface area contributed by atoms with Gasteiger partial charge in [0.05, 0.1) is 5.54 Å². The maximum Gasteiger partial charge on any atom is 0.318 e. The van der Waals surface area contributed by atoms with Crippen LogP contribution in [0.4, 0.5) is 4.79 Å². The lowest BCUT2D eigenvalue weighted by molar-refractivity contribution is 0.142. The van der Waals surface area contributed by atoms with Crippen LogP contribution in [0, 0.1) is 12.3 Å². The van der Waals surface area contributed by atoms with Crippen molar-refractivity contribution in [3.8, 4) is 12.3 Å². The van der Waals surface area contributed by atoms with Gasteiger partial charge in [0.2, 0.25) is 3.79 Å². The van der Waals surface area contributed by atoms with Crippen LogP contribution in [0.2, 0.25) is 0 Å². The van der Waals surface area contributed by atoms with Gasteiger partial charge in [0, 0.05) is 0 Å². The fourth-order valence-electron chi connectivity index (χ4n) is 0.562. The summed E-state index contributed by atoms with van der Waals surface area (Å²) in [6.45, 7) is 3.21. The Morgan fingerprint density at radius 3 is 2.27 bits per heavy atom. The van der Waals surface area contributed by atoms with Crippen molar-refractivity contribution >= 4 is 40.8 Å².